The lowest BCUT2D eigenvalue weighted by atomic mass is 9.95. The van der Waals surface area contributed by atoms with Crippen LogP contribution in [0.3, 0.4) is 0 Å². The molecule has 3 atom stereocenters. The Labute approximate surface area is 144 Å². The molecule has 2 rings (SSSR count). The van der Waals surface area contributed by atoms with Crippen LogP contribution in [0.2, 0.25) is 0 Å². The van der Waals surface area contributed by atoms with Gasteiger partial charge in [-0.15, -0.1) is 0 Å². The van der Waals surface area contributed by atoms with E-state index in [1.807, 2.05) is 31.2 Å². The number of allylic oxidation sites excluding steroid dienone is 2. The zero-order valence-electron chi connectivity index (χ0n) is 14.5. The molecule has 1 amide bonds. The first kappa shape index (κ1) is 18.2. The van der Waals surface area contributed by atoms with Gasteiger partial charge in [0.15, 0.2) is 6.10 Å². The van der Waals surface area contributed by atoms with Crippen LogP contribution in [0, 0.1) is 5.92 Å². The average molecular weight is 329 g/mol. The largest absolute Gasteiger partial charge is 0.452 e. The lowest BCUT2D eigenvalue weighted by molar-refractivity contribution is -0.159. The highest BCUT2D eigenvalue weighted by Crippen LogP contribution is 2.20. The number of ether oxygens (including phenoxy) is 1. The van der Waals surface area contributed by atoms with Crippen molar-refractivity contribution in [2.75, 3.05) is 0 Å². The van der Waals surface area contributed by atoms with Crippen molar-refractivity contribution < 1.29 is 14.3 Å². The van der Waals surface area contributed by atoms with Crippen LogP contribution in [0.1, 0.15) is 45.1 Å². The Morgan fingerprint density at radius 3 is 2.62 bits per heavy atom. The van der Waals surface area contributed by atoms with Crippen molar-refractivity contribution in [3.05, 3.63) is 48.0 Å². The number of benzene rings is 1. The molecule has 1 N–H and O–H groups in total. The van der Waals surface area contributed by atoms with Crippen molar-refractivity contribution in [3.63, 3.8) is 0 Å². The van der Waals surface area contributed by atoms with Crippen LogP contribution in [0.25, 0.3) is 0 Å². The van der Waals surface area contributed by atoms with Gasteiger partial charge in [0.1, 0.15) is 0 Å². The molecule has 0 fully saturated rings. The van der Waals surface area contributed by atoms with Crippen LogP contribution >= 0.6 is 0 Å². The van der Waals surface area contributed by atoms with Gasteiger partial charge in [-0.1, -0.05) is 42.5 Å². The minimum absolute atomic E-state index is 0.0384. The van der Waals surface area contributed by atoms with E-state index in [9.17, 15) is 9.59 Å². The molecule has 1 aromatic rings. The highest BCUT2D eigenvalue weighted by Gasteiger charge is 2.25. The van der Waals surface area contributed by atoms with E-state index in [2.05, 4.69) is 23.5 Å². The molecule has 4 nitrogen and oxygen atoms in total. The molecule has 24 heavy (non-hydrogen) atoms. The normalized spacial score (nSPS) is 19.3. The first-order valence-electron chi connectivity index (χ1n) is 8.76. The molecular weight excluding hydrogens is 302 g/mol. The fourth-order valence-electron chi connectivity index (χ4n) is 2.79. The summed E-state index contributed by atoms with van der Waals surface area (Å²) in [4.78, 5) is 24.3. The minimum Gasteiger partial charge on any atom is -0.452 e. The van der Waals surface area contributed by atoms with E-state index in [0.29, 0.717) is 6.42 Å². The number of esters is 1. The first-order valence-corrected chi connectivity index (χ1v) is 8.76. The van der Waals surface area contributed by atoms with Crippen molar-refractivity contribution in [2.24, 2.45) is 5.92 Å². The third-order valence-corrected chi connectivity index (χ3v) is 4.36. The van der Waals surface area contributed by atoms with Crippen molar-refractivity contribution in [3.8, 4) is 0 Å². The highest BCUT2D eigenvalue weighted by molar-refractivity contribution is 5.84. The smallest absolute Gasteiger partial charge is 0.310 e. The topological polar surface area (TPSA) is 55.4 Å². The Hall–Kier alpha value is -2.10. The van der Waals surface area contributed by atoms with Gasteiger partial charge in [-0.05, 0) is 51.5 Å². The SMILES string of the molecule is CC(CCc1ccccc1)NC(=O)C(C)OC(=O)C1CC=CCC1. The number of hydrogen-bond donors (Lipinski definition) is 1. The van der Waals surface area contributed by atoms with Crippen LogP contribution < -0.4 is 5.32 Å². The Kier molecular flexibility index (Phi) is 7.04. The molecule has 1 aromatic carbocycles. The Morgan fingerprint density at radius 2 is 1.96 bits per heavy atom. The summed E-state index contributed by atoms with van der Waals surface area (Å²) in [5.41, 5.74) is 1.25. The van der Waals surface area contributed by atoms with Gasteiger partial charge in [0, 0.05) is 6.04 Å². The van der Waals surface area contributed by atoms with Gasteiger partial charge in [-0.3, -0.25) is 9.59 Å². The van der Waals surface area contributed by atoms with E-state index in [4.69, 9.17) is 4.74 Å². The van der Waals surface area contributed by atoms with Crippen molar-refractivity contribution in [1.82, 2.24) is 5.32 Å². The number of carbonyl (C=O) groups is 2. The van der Waals surface area contributed by atoms with Crippen molar-refractivity contribution >= 4 is 11.9 Å². The molecule has 0 heterocycles. The van der Waals surface area contributed by atoms with Gasteiger partial charge in [-0.25, -0.2) is 0 Å². The number of hydrogen-bond acceptors (Lipinski definition) is 3. The lowest BCUT2D eigenvalue weighted by Gasteiger charge is -2.21. The van der Waals surface area contributed by atoms with Gasteiger partial charge in [0.25, 0.3) is 5.91 Å². The first-order chi connectivity index (χ1) is 11.6. The molecule has 1 aliphatic rings. The summed E-state index contributed by atoms with van der Waals surface area (Å²) in [6.45, 7) is 3.61. The maximum absolute atomic E-state index is 12.2. The monoisotopic (exact) mass is 329 g/mol. The molecule has 0 saturated carbocycles. The molecular formula is C20H27NO3. The number of amides is 1. The highest BCUT2D eigenvalue weighted by atomic mass is 16.5. The molecule has 0 saturated heterocycles. The third-order valence-electron chi connectivity index (χ3n) is 4.36. The Balaban J connectivity index is 1.72. The van der Waals surface area contributed by atoms with Gasteiger partial charge in [0.2, 0.25) is 0 Å². The summed E-state index contributed by atoms with van der Waals surface area (Å²) in [5.74, 6) is -0.602. The maximum Gasteiger partial charge on any atom is 0.310 e. The molecule has 0 radical (unpaired) electrons. The summed E-state index contributed by atoms with van der Waals surface area (Å²) in [6.07, 6.45) is 7.51. The van der Waals surface area contributed by atoms with Crippen molar-refractivity contribution in [1.29, 1.82) is 0 Å². The van der Waals surface area contributed by atoms with Gasteiger partial charge < -0.3 is 10.1 Å². The zero-order chi connectivity index (χ0) is 17.4. The lowest BCUT2D eigenvalue weighted by Crippen LogP contribution is -2.41. The maximum atomic E-state index is 12.2. The van der Waals surface area contributed by atoms with E-state index in [0.717, 1.165) is 25.7 Å². The molecule has 0 aromatic heterocycles. The Bertz CT molecular complexity index is 568. The summed E-state index contributed by atoms with van der Waals surface area (Å²) in [5, 5.41) is 2.93. The summed E-state index contributed by atoms with van der Waals surface area (Å²) < 4.78 is 5.33. The number of nitrogens with one attached hydrogen (secondary N) is 1. The van der Waals surface area contributed by atoms with Crippen molar-refractivity contribution in [2.45, 2.75) is 58.1 Å². The van der Waals surface area contributed by atoms with Crippen LogP contribution in [0.15, 0.2) is 42.5 Å². The molecule has 0 aliphatic heterocycles. The molecule has 130 valence electrons. The molecule has 0 spiro atoms. The average Bonchev–Trinajstić information content (AvgIpc) is 2.61. The quantitative estimate of drug-likeness (QED) is 0.616. The van der Waals surface area contributed by atoms with E-state index < -0.39 is 6.10 Å². The van der Waals surface area contributed by atoms with E-state index in [1.54, 1.807) is 6.92 Å². The number of carbonyl (C=O) groups excluding carboxylic acids is 2. The number of aryl methyl sites for hydroxylation is 1. The van der Waals surface area contributed by atoms with Crippen LogP contribution in [0.5, 0.6) is 0 Å². The molecule has 0 bridgehead atoms. The van der Waals surface area contributed by atoms with Crippen LogP contribution in [-0.4, -0.2) is 24.0 Å². The van der Waals surface area contributed by atoms with E-state index in [-0.39, 0.29) is 23.8 Å². The standard InChI is InChI=1S/C20H27NO3/c1-15(13-14-17-9-5-3-6-10-17)21-19(22)16(2)24-20(23)18-11-7-4-8-12-18/h3-7,9-10,15-16,18H,8,11-14H2,1-2H3,(H,21,22). The molecule has 3 unspecified atom stereocenters. The predicted molar refractivity (Wildman–Crippen MR) is 94.4 cm³/mol. The second kappa shape index (κ2) is 9.26. The minimum atomic E-state index is -0.748. The van der Waals surface area contributed by atoms with Gasteiger partial charge >= 0.3 is 5.97 Å². The van der Waals surface area contributed by atoms with Crippen LogP contribution in [-0.2, 0) is 20.7 Å². The number of rotatable bonds is 7. The predicted octanol–water partition coefficient (Wildman–Crippen LogP) is 3.41. The second-order valence-electron chi connectivity index (χ2n) is 6.49. The molecule has 4 heteroatoms. The molecule has 1 aliphatic carbocycles. The second-order valence-corrected chi connectivity index (χ2v) is 6.49. The third kappa shape index (κ3) is 5.84. The van der Waals surface area contributed by atoms with E-state index in [1.165, 1.54) is 5.56 Å². The van der Waals surface area contributed by atoms with Gasteiger partial charge in [0.05, 0.1) is 5.92 Å². The van der Waals surface area contributed by atoms with Crippen LogP contribution in [0.4, 0.5) is 0 Å². The Morgan fingerprint density at radius 1 is 1.21 bits per heavy atom. The summed E-state index contributed by atoms with van der Waals surface area (Å²) in [7, 11) is 0. The van der Waals surface area contributed by atoms with E-state index >= 15 is 0 Å². The fourth-order valence-corrected chi connectivity index (χ4v) is 2.79. The summed E-state index contributed by atoms with van der Waals surface area (Å²) in [6, 6.07) is 10.2. The fraction of sp³-hybridized carbons (Fsp3) is 0.500. The summed E-state index contributed by atoms with van der Waals surface area (Å²) >= 11 is 0. The van der Waals surface area contributed by atoms with Gasteiger partial charge in [-0.2, -0.15) is 0 Å². The zero-order valence-corrected chi connectivity index (χ0v) is 14.5.